The fraction of sp³-hybridized carbons (Fsp3) is 0.235. The van der Waals surface area contributed by atoms with Crippen LogP contribution in [0.5, 0.6) is 11.5 Å². The maximum atomic E-state index is 13.3. The molecule has 6 nitrogen and oxygen atoms in total. The minimum Gasteiger partial charge on any atom is -0.497 e. The highest BCUT2D eigenvalue weighted by atomic mass is 19.4. The van der Waals surface area contributed by atoms with Gasteiger partial charge in [-0.3, -0.25) is 0 Å². The van der Waals surface area contributed by atoms with Gasteiger partial charge in [0.25, 0.3) is 0 Å². The van der Waals surface area contributed by atoms with Crippen LogP contribution in [0.15, 0.2) is 113 Å². The average Bonchev–Trinajstić information content (AvgIpc) is 3.86. The number of aliphatic hydroxyl groups excluding tert-OH is 1. The van der Waals surface area contributed by atoms with Gasteiger partial charge in [-0.1, -0.05) is 78.6 Å². The minimum atomic E-state index is -4.59. The van der Waals surface area contributed by atoms with Crippen molar-refractivity contribution in [2.75, 3.05) is 20.8 Å². The first-order chi connectivity index (χ1) is 20.7. The second-order valence-corrected chi connectivity index (χ2v) is 9.92. The maximum Gasteiger partial charge on any atom is 0.442 e. The number of nitrogens with zero attached hydrogens (tertiary/aromatic N) is 2. The highest BCUT2D eigenvalue weighted by Gasteiger charge is 2.65. The molecule has 1 atom stereocenters. The van der Waals surface area contributed by atoms with Gasteiger partial charge in [-0.25, -0.2) is 0 Å². The first kappa shape index (κ1) is 29.8. The SMILES string of the molecule is COc1ccc(C(OC[C@@H](O)CC#Cc2ccc(C3(C(F)(F)F)N=N3)cc2)(c2ccccc2)c2ccc(OC)cc2)cc1. The van der Waals surface area contributed by atoms with Crippen molar-refractivity contribution in [2.45, 2.75) is 30.0 Å². The third kappa shape index (κ3) is 6.12. The standard InChI is InChI=1S/C34H29F3N2O4/c1-41-30-19-15-26(16-20-30)32(25-8-4-3-5-9-25,27-17-21-31(42-2)22-18-27)43-23-29(40)10-6-7-24-11-13-28(14-12-24)33(38-39-33)34(35,36)37/h3-5,8-9,11-22,29,40H,10,23H2,1-2H3/t29-/m0/s1. The summed E-state index contributed by atoms with van der Waals surface area (Å²) in [4.78, 5) is 0. The summed E-state index contributed by atoms with van der Waals surface area (Å²) in [5.41, 5.74) is -0.599. The quantitative estimate of drug-likeness (QED) is 0.161. The Balaban J connectivity index is 1.38. The molecule has 9 heteroatoms. The number of benzene rings is 4. The number of aliphatic hydroxyl groups is 1. The number of hydrogen-bond donors (Lipinski definition) is 1. The van der Waals surface area contributed by atoms with Crippen molar-refractivity contribution in [2.24, 2.45) is 10.2 Å². The molecule has 0 saturated carbocycles. The van der Waals surface area contributed by atoms with E-state index in [1.807, 2.05) is 78.9 Å². The van der Waals surface area contributed by atoms with E-state index in [2.05, 4.69) is 22.1 Å². The van der Waals surface area contributed by atoms with Gasteiger partial charge in [-0.2, -0.15) is 13.2 Å². The molecule has 4 aromatic rings. The maximum absolute atomic E-state index is 13.3. The van der Waals surface area contributed by atoms with E-state index in [1.54, 1.807) is 14.2 Å². The van der Waals surface area contributed by atoms with Crippen LogP contribution in [-0.2, 0) is 16.0 Å². The van der Waals surface area contributed by atoms with Crippen LogP contribution in [0.3, 0.4) is 0 Å². The molecule has 0 aromatic heterocycles. The third-order valence-corrected chi connectivity index (χ3v) is 7.22. The molecule has 0 spiro atoms. The largest absolute Gasteiger partial charge is 0.497 e. The Morgan fingerprint density at radius 1 is 0.744 bits per heavy atom. The summed E-state index contributed by atoms with van der Waals surface area (Å²) in [6.07, 6.45) is -5.46. The van der Waals surface area contributed by atoms with Crippen LogP contribution in [0.2, 0.25) is 0 Å². The van der Waals surface area contributed by atoms with E-state index in [0.29, 0.717) is 17.1 Å². The lowest BCUT2D eigenvalue weighted by Crippen LogP contribution is -2.35. The van der Waals surface area contributed by atoms with Gasteiger partial charge in [-0.15, -0.1) is 10.2 Å². The molecular formula is C34H29F3N2O4. The highest BCUT2D eigenvalue weighted by Crippen LogP contribution is 2.52. The Kier molecular flexibility index (Phi) is 8.53. The molecular weight excluding hydrogens is 557 g/mol. The van der Waals surface area contributed by atoms with Crippen LogP contribution < -0.4 is 9.47 Å². The normalized spacial score (nSPS) is 14.4. The Morgan fingerprint density at radius 2 is 1.26 bits per heavy atom. The fourth-order valence-corrected chi connectivity index (χ4v) is 4.85. The van der Waals surface area contributed by atoms with Gasteiger partial charge in [-0.05, 0) is 53.1 Å². The van der Waals surface area contributed by atoms with Gasteiger partial charge in [0.05, 0.1) is 26.9 Å². The lowest BCUT2D eigenvalue weighted by molar-refractivity contribution is -0.166. The topological polar surface area (TPSA) is 72.6 Å². The molecule has 43 heavy (non-hydrogen) atoms. The summed E-state index contributed by atoms with van der Waals surface area (Å²) in [6.45, 7) is -0.0579. The van der Waals surface area contributed by atoms with Crippen LogP contribution in [0, 0.1) is 11.8 Å². The Labute approximate surface area is 247 Å². The van der Waals surface area contributed by atoms with Crippen molar-refractivity contribution in [3.63, 3.8) is 0 Å². The van der Waals surface area contributed by atoms with Gasteiger partial charge in [0.1, 0.15) is 17.1 Å². The van der Waals surface area contributed by atoms with Crippen LogP contribution in [-0.4, -0.2) is 38.2 Å². The Bertz CT molecular complexity index is 1560. The van der Waals surface area contributed by atoms with E-state index < -0.39 is 23.5 Å². The zero-order chi connectivity index (χ0) is 30.5. The van der Waals surface area contributed by atoms with E-state index in [-0.39, 0.29) is 18.6 Å². The second kappa shape index (κ2) is 12.3. The predicted octanol–water partition coefficient (Wildman–Crippen LogP) is 7.00. The van der Waals surface area contributed by atoms with E-state index >= 15 is 0 Å². The second-order valence-electron chi connectivity index (χ2n) is 9.92. The molecule has 0 unspecified atom stereocenters. The molecule has 0 saturated heterocycles. The van der Waals surface area contributed by atoms with E-state index in [9.17, 15) is 18.3 Å². The zero-order valence-electron chi connectivity index (χ0n) is 23.5. The summed E-state index contributed by atoms with van der Waals surface area (Å²) in [5, 5.41) is 17.4. The first-order valence-electron chi connectivity index (χ1n) is 13.5. The van der Waals surface area contributed by atoms with Crippen molar-refractivity contribution < 1.29 is 32.5 Å². The third-order valence-electron chi connectivity index (χ3n) is 7.22. The molecule has 0 aliphatic carbocycles. The predicted molar refractivity (Wildman–Crippen MR) is 155 cm³/mol. The number of hydrogen-bond acceptors (Lipinski definition) is 6. The summed E-state index contributed by atoms with van der Waals surface area (Å²) in [5.74, 6) is 7.19. The Hall–Kier alpha value is -4.65. The molecule has 1 aliphatic heterocycles. The number of rotatable bonds is 10. The number of halogens is 3. The summed E-state index contributed by atoms with van der Waals surface area (Å²) >= 11 is 0. The van der Waals surface area contributed by atoms with Gasteiger partial charge < -0.3 is 19.3 Å². The fourth-order valence-electron chi connectivity index (χ4n) is 4.85. The number of alkyl halides is 3. The monoisotopic (exact) mass is 586 g/mol. The molecule has 4 aromatic carbocycles. The molecule has 1 heterocycles. The van der Waals surface area contributed by atoms with Crippen LogP contribution in [0.4, 0.5) is 13.2 Å². The zero-order valence-corrected chi connectivity index (χ0v) is 23.5. The Morgan fingerprint density at radius 3 is 1.72 bits per heavy atom. The van der Waals surface area contributed by atoms with Crippen LogP contribution in [0.1, 0.15) is 34.2 Å². The molecule has 0 amide bonds. The van der Waals surface area contributed by atoms with Gasteiger partial charge in [0.15, 0.2) is 0 Å². The number of methoxy groups -OCH3 is 2. The lowest BCUT2D eigenvalue weighted by atomic mass is 9.80. The highest BCUT2D eigenvalue weighted by molar-refractivity contribution is 5.50. The van der Waals surface area contributed by atoms with Gasteiger partial charge in [0.2, 0.25) is 0 Å². The van der Waals surface area contributed by atoms with Crippen molar-refractivity contribution in [3.05, 3.63) is 131 Å². The molecule has 5 rings (SSSR count). The molecule has 1 aliphatic rings. The van der Waals surface area contributed by atoms with Gasteiger partial charge in [0, 0.05) is 17.5 Å². The summed E-state index contributed by atoms with van der Waals surface area (Å²) < 4.78 is 57.2. The smallest absolute Gasteiger partial charge is 0.442 e. The summed E-state index contributed by atoms with van der Waals surface area (Å²) in [6, 6.07) is 30.4. The molecule has 0 bridgehead atoms. The average molecular weight is 587 g/mol. The number of ether oxygens (including phenoxy) is 3. The van der Waals surface area contributed by atoms with Gasteiger partial charge >= 0.3 is 11.8 Å². The van der Waals surface area contributed by atoms with E-state index in [0.717, 1.165) is 16.7 Å². The van der Waals surface area contributed by atoms with Crippen molar-refractivity contribution in [1.29, 1.82) is 0 Å². The van der Waals surface area contributed by atoms with E-state index in [1.165, 1.54) is 24.3 Å². The first-order valence-corrected chi connectivity index (χ1v) is 13.5. The van der Waals surface area contributed by atoms with Crippen molar-refractivity contribution >= 4 is 0 Å². The molecule has 0 radical (unpaired) electrons. The lowest BCUT2D eigenvalue weighted by Gasteiger charge is -2.36. The van der Waals surface area contributed by atoms with E-state index in [4.69, 9.17) is 14.2 Å². The van der Waals surface area contributed by atoms with Crippen molar-refractivity contribution in [1.82, 2.24) is 0 Å². The summed E-state index contributed by atoms with van der Waals surface area (Å²) in [7, 11) is 3.20. The van der Waals surface area contributed by atoms with Crippen LogP contribution >= 0.6 is 0 Å². The molecule has 220 valence electrons. The molecule has 0 fully saturated rings. The van der Waals surface area contributed by atoms with Crippen LogP contribution in [0.25, 0.3) is 0 Å². The van der Waals surface area contributed by atoms with Crippen molar-refractivity contribution in [3.8, 4) is 23.3 Å². The minimum absolute atomic E-state index is 0.0579. The molecule has 1 N–H and O–H groups in total.